The fraction of sp³-hybridized carbons (Fsp3) is 0.733. The summed E-state index contributed by atoms with van der Waals surface area (Å²) in [5.74, 6) is 0.424. The van der Waals surface area contributed by atoms with Crippen LogP contribution >= 0.6 is 0 Å². The minimum absolute atomic E-state index is 0. The molecule has 0 heterocycles. The van der Waals surface area contributed by atoms with Crippen molar-refractivity contribution in [3.63, 3.8) is 0 Å². The molecule has 2 rings (SSSR count). The molecule has 38 heavy (non-hydrogen) atoms. The zero-order chi connectivity index (χ0) is 28.1. The van der Waals surface area contributed by atoms with Crippen molar-refractivity contribution in [1.29, 1.82) is 0 Å². The van der Waals surface area contributed by atoms with E-state index >= 15 is 0 Å². The quantitative estimate of drug-likeness (QED) is 0.330. The van der Waals surface area contributed by atoms with Gasteiger partial charge in [-0.3, -0.25) is 0 Å². The first kappa shape index (κ1) is 41.8. The Morgan fingerprint density at radius 3 is 1.03 bits per heavy atom. The number of nitrogens with one attached hydrogen (secondary N) is 2. The summed E-state index contributed by atoms with van der Waals surface area (Å²) in [6.45, 7) is 38.5. The number of hydrogen-bond acceptors (Lipinski definition) is 2. The summed E-state index contributed by atoms with van der Waals surface area (Å²) in [6, 6.07) is 1.44. The maximum absolute atomic E-state index is 4.10. The van der Waals surface area contributed by atoms with E-state index in [4.69, 9.17) is 0 Å². The number of hydrogen-bond donors (Lipinski definition) is 2. The molecule has 220 valence electrons. The summed E-state index contributed by atoms with van der Waals surface area (Å²) in [4.78, 5) is 0. The average molecular weight is 933 g/mol. The normalized spacial score (nSPS) is 21.0. The fourth-order valence-corrected chi connectivity index (χ4v) is 55.8. The maximum atomic E-state index is 4.10. The molecule has 0 aliphatic heterocycles. The van der Waals surface area contributed by atoms with Gasteiger partial charge < -0.3 is 24.8 Å². The van der Waals surface area contributed by atoms with Crippen LogP contribution in [0.1, 0.15) is 95.9 Å². The van der Waals surface area contributed by atoms with E-state index in [1.165, 1.54) is 12.8 Å². The van der Waals surface area contributed by atoms with Gasteiger partial charge in [-0.2, -0.15) is 0 Å². The van der Waals surface area contributed by atoms with Crippen LogP contribution in [0.5, 0.6) is 0 Å². The van der Waals surface area contributed by atoms with Crippen molar-refractivity contribution in [3.05, 3.63) is 40.1 Å². The molecule has 0 aromatic carbocycles. The van der Waals surface area contributed by atoms with Gasteiger partial charge in [0.05, 0.1) is 0 Å². The Bertz CT molecular complexity index is 825. The van der Waals surface area contributed by atoms with E-state index in [0.717, 1.165) is 23.9 Å². The number of halogens is 2. The van der Waals surface area contributed by atoms with Gasteiger partial charge >= 0.3 is 246 Å². The van der Waals surface area contributed by atoms with Gasteiger partial charge in [-0.05, 0) is 0 Å². The summed E-state index contributed by atoms with van der Waals surface area (Å²) in [5.41, 5.74) is 9.73. The largest absolute Gasteiger partial charge is 1.00 e. The van der Waals surface area contributed by atoms with Gasteiger partial charge in [0.2, 0.25) is 0 Å². The van der Waals surface area contributed by atoms with Crippen molar-refractivity contribution in [2.45, 2.75) is 134 Å². The molecule has 0 amide bonds. The predicted molar refractivity (Wildman–Crippen MR) is 164 cm³/mol. The smallest absolute Gasteiger partial charge is 1.00 e. The predicted octanol–water partition coefficient (Wildman–Crippen LogP) is 2.31. The van der Waals surface area contributed by atoms with Crippen LogP contribution in [-0.4, -0.2) is 24.1 Å². The molecule has 0 aromatic heterocycles. The van der Waals surface area contributed by atoms with Crippen LogP contribution in [0.25, 0.3) is 0 Å². The SMILES string of the molecule is CCC(C)[NH][Hf+]([C]1=C(C)C(C)=C(C)C1C)[SiH](C)C.CCC(C)[NH][Hf+]([C]1=C(C)C(C)=C(C)C1C)[SiH](C)C.[Cl-].[Cl-]. The first-order valence-electron chi connectivity index (χ1n) is 14.7. The molecule has 0 saturated heterocycles. The van der Waals surface area contributed by atoms with Gasteiger partial charge in [0, 0.05) is 0 Å². The van der Waals surface area contributed by atoms with E-state index in [-0.39, 0.29) is 24.8 Å². The van der Waals surface area contributed by atoms with E-state index < -0.39 is 53.8 Å². The summed E-state index contributed by atoms with van der Waals surface area (Å²) >= 11 is -3.46. The zero-order valence-electron chi connectivity index (χ0n) is 27.6. The van der Waals surface area contributed by atoms with Crippen LogP contribution < -0.4 is 31.4 Å². The second-order valence-electron chi connectivity index (χ2n) is 12.2. The van der Waals surface area contributed by atoms with E-state index in [9.17, 15) is 0 Å². The Hall–Kier alpha value is 1.63. The first-order valence-corrected chi connectivity index (χ1v) is 40.1. The van der Waals surface area contributed by atoms with Crippen molar-refractivity contribution in [3.8, 4) is 0 Å². The molecule has 4 unspecified atom stereocenters. The first-order chi connectivity index (χ1) is 16.6. The Morgan fingerprint density at radius 1 is 0.605 bits per heavy atom. The van der Waals surface area contributed by atoms with E-state index in [0.29, 0.717) is 0 Å². The molecular weight excluding hydrogens is 872 g/mol. The van der Waals surface area contributed by atoms with Gasteiger partial charge in [-0.25, -0.2) is 0 Å². The Balaban J connectivity index is 0. The van der Waals surface area contributed by atoms with Crippen LogP contribution in [0.4, 0.5) is 0 Å². The molecule has 0 bridgehead atoms. The maximum Gasteiger partial charge on any atom is -1.00 e. The van der Waals surface area contributed by atoms with Crippen LogP contribution in [0.15, 0.2) is 40.1 Å². The Labute approximate surface area is 268 Å². The number of rotatable bonds is 10. The number of allylic oxidation sites excluding steroid dienone is 8. The van der Waals surface area contributed by atoms with E-state index in [1.807, 2.05) is 6.66 Å². The third-order valence-corrected chi connectivity index (χ3v) is 59.8. The second-order valence-corrected chi connectivity index (χ2v) is 63.0. The van der Waals surface area contributed by atoms with Crippen molar-refractivity contribution in [1.82, 2.24) is 6.61 Å². The third kappa shape index (κ3) is 10.4. The second kappa shape index (κ2) is 19.0. The summed E-state index contributed by atoms with van der Waals surface area (Å²) in [5, 5.41) is 0. The van der Waals surface area contributed by atoms with Crippen LogP contribution in [0, 0.1) is 11.8 Å². The summed E-state index contributed by atoms with van der Waals surface area (Å²) in [7, 11) is 0. The summed E-state index contributed by atoms with van der Waals surface area (Å²) < 4.78 is 12.0. The Kier molecular flexibility index (Phi) is 20.9. The average Bonchev–Trinajstić information content (AvgIpc) is 3.14. The molecule has 0 saturated carbocycles. The third-order valence-electron chi connectivity index (χ3n) is 9.04. The monoisotopic (exact) mass is 934 g/mol. The molecule has 2 aliphatic carbocycles. The van der Waals surface area contributed by atoms with Gasteiger partial charge in [0.25, 0.3) is 0 Å². The molecule has 4 atom stereocenters. The van der Waals surface area contributed by atoms with Gasteiger partial charge in [0.1, 0.15) is 0 Å². The van der Waals surface area contributed by atoms with Gasteiger partial charge in [-0.1, -0.05) is 0 Å². The zero-order valence-corrected chi connectivity index (χ0v) is 38.6. The fourth-order valence-electron chi connectivity index (χ4n) is 5.44. The van der Waals surface area contributed by atoms with Crippen LogP contribution in [0.3, 0.4) is 0 Å². The molecule has 2 aliphatic rings. The molecule has 0 radical (unpaired) electrons. The van der Waals surface area contributed by atoms with Crippen molar-refractivity contribution in [2.75, 3.05) is 0 Å². The van der Waals surface area contributed by atoms with E-state index in [1.54, 1.807) is 33.4 Å². The summed E-state index contributed by atoms with van der Waals surface area (Å²) in [6.07, 6.45) is 2.53. The van der Waals surface area contributed by atoms with Gasteiger partial charge in [0.15, 0.2) is 0 Å². The molecule has 2 N–H and O–H groups in total. The molecule has 0 aromatic rings. The van der Waals surface area contributed by atoms with Gasteiger partial charge in [-0.15, -0.1) is 0 Å². The van der Waals surface area contributed by atoms with Crippen LogP contribution in [-0.2, 0) is 41.8 Å². The van der Waals surface area contributed by atoms with Crippen molar-refractivity contribution >= 4 is 12.0 Å². The molecule has 2 nitrogen and oxygen atoms in total. The van der Waals surface area contributed by atoms with E-state index in [2.05, 4.69) is 116 Å². The minimum atomic E-state index is -1.73. The van der Waals surface area contributed by atoms with Crippen molar-refractivity contribution < 1.29 is 66.6 Å². The molecular formula is C30H60Cl2Hf2N2Si2. The van der Waals surface area contributed by atoms with Crippen LogP contribution in [0.2, 0.25) is 26.2 Å². The standard InChI is InChI=1S/2C9H13.2C4H10N.2C2H7Si.2ClH.2Hf/c2*1-6-5-7(2)9(4)8(6)3;2*1-3-4(2)5;2*1-3-2;;;;/h2*6H,1-4H3;2*4-5H,3H2,1-2H3;2*3H,1-2H3;2*1H;;/q;;2*-1;;;;;2*+2/p-2. The molecule has 8 heteroatoms. The minimum Gasteiger partial charge on any atom is -1.00 e. The molecule has 0 fully saturated rings. The topological polar surface area (TPSA) is 24.1 Å². The van der Waals surface area contributed by atoms with Crippen molar-refractivity contribution in [2.24, 2.45) is 11.8 Å². The molecule has 0 spiro atoms. The Morgan fingerprint density at radius 2 is 0.868 bits per heavy atom.